The number of esters is 1. The third-order valence-electron chi connectivity index (χ3n) is 4.85. The van der Waals surface area contributed by atoms with Gasteiger partial charge in [0.05, 0.1) is 18.4 Å². The fourth-order valence-corrected chi connectivity index (χ4v) is 3.59. The van der Waals surface area contributed by atoms with Crippen molar-refractivity contribution in [1.29, 1.82) is 0 Å². The van der Waals surface area contributed by atoms with Crippen molar-refractivity contribution in [3.8, 4) is 0 Å². The molecule has 142 valence electrons. The van der Waals surface area contributed by atoms with Crippen LogP contribution in [0.5, 0.6) is 0 Å². The van der Waals surface area contributed by atoms with Crippen LogP contribution in [0.1, 0.15) is 32.4 Å². The van der Waals surface area contributed by atoms with E-state index >= 15 is 0 Å². The largest absolute Gasteiger partial charge is 0.468 e. The minimum absolute atomic E-state index is 0.222. The van der Waals surface area contributed by atoms with Crippen LogP contribution in [0.4, 0.5) is 5.69 Å². The van der Waals surface area contributed by atoms with Gasteiger partial charge in [-0.1, -0.05) is 30.3 Å². The van der Waals surface area contributed by atoms with E-state index in [1.807, 2.05) is 0 Å². The van der Waals surface area contributed by atoms with Gasteiger partial charge in [-0.3, -0.25) is 24.1 Å². The van der Waals surface area contributed by atoms with Gasteiger partial charge in [-0.05, 0) is 18.2 Å². The number of rotatable bonds is 4. The van der Waals surface area contributed by atoms with Crippen molar-refractivity contribution in [3.63, 3.8) is 0 Å². The van der Waals surface area contributed by atoms with Crippen LogP contribution < -0.4 is 10.2 Å². The van der Waals surface area contributed by atoms with Crippen LogP contribution in [0, 0.1) is 0 Å². The van der Waals surface area contributed by atoms with Gasteiger partial charge in [0.15, 0.2) is 0 Å². The number of methoxy groups -OCH3 is 1. The first-order valence-electron chi connectivity index (χ1n) is 8.69. The summed E-state index contributed by atoms with van der Waals surface area (Å²) in [7, 11) is 1.22. The van der Waals surface area contributed by atoms with E-state index < -0.39 is 18.0 Å². The number of hydrogen-bond donors (Lipinski definition) is 1. The van der Waals surface area contributed by atoms with Crippen molar-refractivity contribution < 1.29 is 23.9 Å². The Balaban J connectivity index is 1.72. The molecule has 0 saturated carbocycles. The number of amides is 3. The highest BCUT2D eigenvalue weighted by Gasteiger charge is 2.47. The number of para-hydroxylation sites is 1. The Labute approximate surface area is 160 Å². The van der Waals surface area contributed by atoms with Crippen molar-refractivity contribution in [2.45, 2.75) is 6.17 Å². The Morgan fingerprint density at radius 3 is 2.43 bits per heavy atom. The maximum atomic E-state index is 13.1. The third kappa shape index (κ3) is 2.70. The average Bonchev–Trinajstić information content (AvgIpc) is 3.02. The van der Waals surface area contributed by atoms with Gasteiger partial charge < -0.3 is 15.0 Å². The zero-order chi connectivity index (χ0) is 19.8. The van der Waals surface area contributed by atoms with Crippen molar-refractivity contribution in [2.24, 2.45) is 0 Å². The maximum Gasteiger partial charge on any atom is 0.325 e. The molecule has 0 saturated heterocycles. The molecule has 0 bridgehead atoms. The standard InChI is InChI=1S/C20H17N3O5/c1-28-17(25)10-21-16(24)11-22-18-12-6-2-3-7-13(12)20(27)23(18)15-9-5-4-8-14(15)19(22)26/h2-9,18H,10-11H2,1H3,(H,21,24)/t18-/m1/s1. The Morgan fingerprint density at radius 2 is 1.68 bits per heavy atom. The summed E-state index contributed by atoms with van der Waals surface area (Å²) >= 11 is 0. The summed E-state index contributed by atoms with van der Waals surface area (Å²) in [4.78, 5) is 52.6. The van der Waals surface area contributed by atoms with E-state index in [2.05, 4.69) is 10.1 Å². The highest BCUT2D eigenvalue weighted by atomic mass is 16.5. The number of hydrogen-bond acceptors (Lipinski definition) is 5. The lowest BCUT2D eigenvalue weighted by Gasteiger charge is -2.40. The number of carbonyl (C=O) groups is 4. The van der Waals surface area contributed by atoms with E-state index in [1.54, 1.807) is 48.5 Å². The van der Waals surface area contributed by atoms with E-state index in [0.717, 1.165) is 0 Å². The molecule has 8 heteroatoms. The lowest BCUT2D eigenvalue weighted by atomic mass is 10.0. The number of ether oxygens (including phenoxy) is 1. The number of carbonyl (C=O) groups excluding carboxylic acids is 4. The van der Waals surface area contributed by atoms with Crippen molar-refractivity contribution in [1.82, 2.24) is 10.2 Å². The zero-order valence-corrected chi connectivity index (χ0v) is 15.0. The fourth-order valence-electron chi connectivity index (χ4n) is 3.59. The number of nitrogens with one attached hydrogen (secondary N) is 1. The molecule has 4 rings (SSSR count). The van der Waals surface area contributed by atoms with Crippen molar-refractivity contribution in [3.05, 3.63) is 65.2 Å². The van der Waals surface area contributed by atoms with Gasteiger partial charge in [0.2, 0.25) is 5.91 Å². The van der Waals surface area contributed by atoms with Gasteiger partial charge in [0.25, 0.3) is 11.8 Å². The van der Waals surface area contributed by atoms with Crippen molar-refractivity contribution in [2.75, 3.05) is 25.1 Å². The van der Waals surface area contributed by atoms with Gasteiger partial charge >= 0.3 is 5.97 Å². The Bertz CT molecular complexity index is 1000. The molecule has 0 fully saturated rings. The topological polar surface area (TPSA) is 96.0 Å². The minimum Gasteiger partial charge on any atom is -0.468 e. The van der Waals surface area contributed by atoms with Crippen LogP contribution in [-0.2, 0) is 14.3 Å². The van der Waals surface area contributed by atoms with Crippen LogP contribution in [0.25, 0.3) is 0 Å². The molecule has 1 atom stereocenters. The van der Waals surface area contributed by atoms with Crippen molar-refractivity contribution >= 4 is 29.4 Å². The molecule has 0 aliphatic carbocycles. The predicted octanol–water partition coefficient (Wildman–Crippen LogP) is 1.09. The van der Waals surface area contributed by atoms with Crippen LogP contribution >= 0.6 is 0 Å². The maximum absolute atomic E-state index is 13.1. The number of nitrogens with zero attached hydrogens (tertiary/aromatic N) is 2. The van der Waals surface area contributed by atoms with Gasteiger partial charge in [-0.2, -0.15) is 0 Å². The number of anilines is 1. The highest BCUT2D eigenvalue weighted by molar-refractivity contribution is 6.17. The molecule has 0 unspecified atom stereocenters. The SMILES string of the molecule is COC(=O)CNC(=O)CN1C(=O)c2ccccc2N2C(=O)c3ccccc3[C@H]12. The lowest BCUT2D eigenvalue weighted by Crippen LogP contribution is -2.51. The predicted molar refractivity (Wildman–Crippen MR) is 98.5 cm³/mol. The molecule has 0 aromatic heterocycles. The molecule has 2 aliphatic rings. The molecule has 3 amide bonds. The Hall–Kier alpha value is -3.68. The van der Waals surface area contributed by atoms with E-state index in [4.69, 9.17) is 0 Å². The third-order valence-corrected chi connectivity index (χ3v) is 4.85. The summed E-state index contributed by atoms with van der Waals surface area (Å²) in [6.07, 6.45) is -0.713. The first-order valence-corrected chi connectivity index (χ1v) is 8.69. The van der Waals surface area contributed by atoms with Gasteiger partial charge in [-0.15, -0.1) is 0 Å². The van der Waals surface area contributed by atoms with Crippen LogP contribution in [0.3, 0.4) is 0 Å². The molecule has 2 aromatic carbocycles. The second-order valence-electron chi connectivity index (χ2n) is 6.44. The lowest BCUT2D eigenvalue weighted by molar-refractivity contribution is -0.141. The smallest absolute Gasteiger partial charge is 0.325 e. The fraction of sp³-hybridized carbons (Fsp3) is 0.200. The minimum atomic E-state index is -0.713. The van der Waals surface area contributed by atoms with Crippen LogP contribution in [-0.4, -0.2) is 48.8 Å². The van der Waals surface area contributed by atoms with Crippen LogP contribution in [0.2, 0.25) is 0 Å². The summed E-state index contributed by atoms with van der Waals surface area (Å²) in [6.45, 7) is -0.592. The molecule has 1 N–H and O–H groups in total. The summed E-state index contributed by atoms with van der Waals surface area (Å²) in [6, 6.07) is 13.9. The summed E-state index contributed by atoms with van der Waals surface area (Å²) in [5, 5.41) is 2.43. The molecule has 2 heterocycles. The quantitative estimate of drug-likeness (QED) is 0.803. The normalized spacial score (nSPS) is 17.0. The average molecular weight is 379 g/mol. The monoisotopic (exact) mass is 379 g/mol. The Kier molecular flexibility index (Phi) is 4.31. The molecule has 8 nitrogen and oxygen atoms in total. The molecule has 0 spiro atoms. The highest BCUT2D eigenvalue weighted by Crippen LogP contribution is 2.44. The summed E-state index contributed by atoms with van der Waals surface area (Å²) in [5.74, 6) is -1.68. The van der Waals surface area contributed by atoms with E-state index in [-0.39, 0.29) is 24.9 Å². The molecule has 2 aliphatic heterocycles. The molecular weight excluding hydrogens is 362 g/mol. The summed E-state index contributed by atoms with van der Waals surface area (Å²) < 4.78 is 4.50. The van der Waals surface area contributed by atoms with E-state index in [0.29, 0.717) is 22.4 Å². The van der Waals surface area contributed by atoms with Gasteiger partial charge in [0, 0.05) is 11.1 Å². The molecule has 0 radical (unpaired) electrons. The number of benzene rings is 2. The molecular formula is C20H17N3O5. The second kappa shape index (κ2) is 6.80. The second-order valence-corrected chi connectivity index (χ2v) is 6.44. The van der Waals surface area contributed by atoms with Crippen LogP contribution in [0.15, 0.2) is 48.5 Å². The summed E-state index contributed by atoms with van der Waals surface area (Å²) in [5.41, 5.74) is 2.03. The Morgan fingerprint density at radius 1 is 1.00 bits per heavy atom. The van der Waals surface area contributed by atoms with E-state index in [1.165, 1.54) is 16.9 Å². The molecule has 2 aromatic rings. The zero-order valence-electron chi connectivity index (χ0n) is 15.0. The van der Waals surface area contributed by atoms with Gasteiger partial charge in [-0.25, -0.2) is 0 Å². The number of fused-ring (bicyclic) bond motifs is 5. The van der Waals surface area contributed by atoms with E-state index in [9.17, 15) is 19.2 Å². The molecule has 28 heavy (non-hydrogen) atoms. The first kappa shape index (κ1) is 17.7. The van der Waals surface area contributed by atoms with Gasteiger partial charge in [0.1, 0.15) is 19.3 Å². The first-order chi connectivity index (χ1) is 13.5.